The molecule has 0 radical (unpaired) electrons. The van der Waals surface area contributed by atoms with Gasteiger partial charge >= 0.3 is 6.03 Å². The summed E-state index contributed by atoms with van der Waals surface area (Å²) in [4.78, 5) is 11.6. The van der Waals surface area contributed by atoms with Gasteiger partial charge in [0, 0.05) is 13.1 Å². The van der Waals surface area contributed by atoms with Gasteiger partial charge < -0.3 is 15.7 Å². The molecule has 0 saturated heterocycles. The molecular weight excluding hydrogens is 252 g/mol. The number of hydrogen-bond donors (Lipinski definition) is 3. The van der Waals surface area contributed by atoms with E-state index in [2.05, 4.69) is 22.8 Å². The summed E-state index contributed by atoms with van der Waals surface area (Å²) in [6.45, 7) is 2.76. The first-order chi connectivity index (χ1) is 9.58. The van der Waals surface area contributed by atoms with Crippen molar-refractivity contribution in [1.29, 1.82) is 0 Å². The molecule has 0 unspecified atom stereocenters. The minimum absolute atomic E-state index is 0.195. The molecule has 0 bridgehead atoms. The van der Waals surface area contributed by atoms with Crippen LogP contribution in [-0.2, 0) is 6.42 Å². The molecular formula is C16H24N2O2. The van der Waals surface area contributed by atoms with Crippen LogP contribution in [0.5, 0.6) is 0 Å². The Balaban J connectivity index is 1.56. The number of amides is 2. The summed E-state index contributed by atoms with van der Waals surface area (Å²) < 4.78 is 0. The fraction of sp³-hybridized carbons (Fsp3) is 0.562. The third kappa shape index (κ3) is 4.85. The Labute approximate surface area is 120 Å². The summed E-state index contributed by atoms with van der Waals surface area (Å²) in [5.41, 5.74) is 0.521. The summed E-state index contributed by atoms with van der Waals surface area (Å²) in [5.74, 6) is 0.348. The normalized spacial score (nSPS) is 17.3. The molecule has 1 aromatic rings. The largest absolute Gasteiger partial charge is 0.388 e. The summed E-state index contributed by atoms with van der Waals surface area (Å²) >= 11 is 0. The molecule has 0 aliphatic heterocycles. The minimum Gasteiger partial charge on any atom is -0.388 e. The van der Waals surface area contributed by atoms with Crippen LogP contribution in [0.1, 0.15) is 31.7 Å². The van der Waals surface area contributed by atoms with Crippen LogP contribution in [0.15, 0.2) is 30.3 Å². The van der Waals surface area contributed by atoms with Crippen LogP contribution in [0.4, 0.5) is 4.79 Å². The molecule has 20 heavy (non-hydrogen) atoms. The maximum Gasteiger partial charge on any atom is 0.314 e. The Morgan fingerprint density at radius 1 is 1.30 bits per heavy atom. The van der Waals surface area contributed by atoms with Gasteiger partial charge in [-0.3, -0.25) is 0 Å². The van der Waals surface area contributed by atoms with E-state index in [4.69, 9.17) is 0 Å². The standard InChI is InChI=1S/C16H24N2O2/c1-16(20,14-9-10-14)12-18-15(19)17-11-5-8-13-6-3-2-4-7-13/h2-4,6-7,14,20H,5,8-12H2,1H3,(H2,17,18,19)/t16-/m0/s1. The van der Waals surface area contributed by atoms with E-state index in [0.717, 1.165) is 25.7 Å². The van der Waals surface area contributed by atoms with Crippen LogP contribution < -0.4 is 10.6 Å². The van der Waals surface area contributed by atoms with Crippen LogP contribution in [0, 0.1) is 5.92 Å². The number of hydrogen-bond acceptors (Lipinski definition) is 2. The van der Waals surface area contributed by atoms with Crippen LogP contribution in [-0.4, -0.2) is 29.8 Å². The second-order valence-corrected chi connectivity index (χ2v) is 5.83. The highest BCUT2D eigenvalue weighted by molar-refractivity contribution is 5.73. The third-order valence-electron chi connectivity index (χ3n) is 3.83. The maximum absolute atomic E-state index is 11.6. The molecule has 1 aliphatic rings. The zero-order valence-corrected chi connectivity index (χ0v) is 12.1. The molecule has 0 spiro atoms. The SMILES string of the molecule is C[C@](O)(CNC(=O)NCCCc1ccccc1)C1CC1. The van der Waals surface area contributed by atoms with Crippen LogP contribution in [0.2, 0.25) is 0 Å². The zero-order chi connectivity index (χ0) is 14.4. The van der Waals surface area contributed by atoms with Gasteiger partial charge in [0.2, 0.25) is 0 Å². The molecule has 0 heterocycles. The lowest BCUT2D eigenvalue weighted by Crippen LogP contribution is -2.46. The van der Waals surface area contributed by atoms with Crippen molar-refractivity contribution in [3.8, 4) is 0 Å². The Bertz CT molecular complexity index is 427. The maximum atomic E-state index is 11.6. The Hall–Kier alpha value is -1.55. The van der Waals surface area contributed by atoms with E-state index in [1.807, 2.05) is 18.2 Å². The number of rotatable bonds is 7. The Kier molecular flexibility index (Phi) is 5.01. The molecule has 1 atom stereocenters. The minimum atomic E-state index is -0.763. The van der Waals surface area contributed by atoms with Crippen LogP contribution >= 0.6 is 0 Å². The van der Waals surface area contributed by atoms with Gasteiger partial charge in [0.25, 0.3) is 0 Å². The van der Waals surface area contributed by atoms with E-state index in [-0.39, 0.29) is 6.03 Å². The molecule has 110 valence electrons. The van der Waals surface area contributed by atoms with E-state index in [1.54, 1.807) is 6.92 Å². The van der Waals surface area contributed by atoms with Gasteiger partial charge in [-0.1, -0.05) is 30.3 Å². The molecule has 0 aromatic heterocycles. The van der Waals surface area contributed by atoms with Crippen molar-refractivity contribution in [2.75, 3.05) is 13.1 Å². The summed E-state index contributed by atoms with van der Waals surface area (Å²) in [7, 11) is 0. The molecule has 1 fully saturated rings. The second-order valence-electron chi connectivity index (χ2n) is 5.83. The smallest absolute Gasteiger partial charge is 0.314 e. The monoisotopic (exact) mass is 276 g/mol. The lowest BCUT2D eigenvalue weighted by molar-refractivity contribution is 0.0394. The first-order valence-corrected chi connectivity index (χ1v) is 7.36. The first-order valence-electron chi connectivity index (χ1n) is 7.36. The number of carbonyl (C=O) groups is 1. The van der Waals surface area contributed by atoms with Crippen molar-refractivity contribution < 1.29 is 9.90 Å². The van der Waals surface area contributed by atoms with Crippen molar-refractivity contribution in [3.63, 3.8) is 0 Å². The molecule has 1 aromatic carbocycles. The summed E-state index contributed by atoms with van der Waals surface area (Å²) in [6, 6.07) is 10.0. The Morgan fingerprint density at radius 2 is 2.00 bits per heavy atom. The molecule has 1 aliphatic carbocycles. The fourth-order valence-corrected chi connectivity index (χ4v) is 2.31. The van der Waals surface area contributed by atoms with Crippen molar-refractivity contribution in [3.05, 3.63) is 35.9 Å². The number of aryl methyl sites for hydroxylation is 1. The number of aliphatic hydroxyl groups is 1. The van der Waals surface area contributed by atoms with E-state index < -0.39 is 5.60 Å². The van der Waals surface area contributed by atoms with E-state index in [1.165, 1.54) is 5.56 Å². The Morgan fingerprint density at radius 3 is 2.65 bits per heavy atom. The predicted octanol–water partition coefficient (Wildman–Crippen LogP) is 2.08. The molecule has 2 rings (SSSR count). The molecule has 3 N–H and O–H groups in total. The van der Waals surface area contributed by atoms with Gasteiger partial charge in [0.05, 0.1) is 5.60 Å². The summed E-state index contributed by atoms with van der Waals surface area (Å²) in [5, 5.41) is 15.6. The quantitative estimate of drug-likeness (QED) is 0.668. The van der Waals surface area contributed by atoms with Crippen molar-refractivity contribution in [2.45, 2.75) is 38.2 Å². The number of urea groups is 1. The van der Waals surface area contributed by atoms with Gasteiger partial charge in [-0.15, -0.1) is 0 Å². The average molecular weight is 276 g/mol. The van der Waals surface area contributed by atoms with Crippen molar-refractivity contribution in [1.82, 2.24) is 10.6 Å². The molecule has 1 saturated carbocycles. The van der Waals surface area contributed by atoms with Crippen LogP contribution in [0.25, 0.3) is 0 Å². The number of carbonyl (C=O) groups excluding carboxylic acids is 1. The van der Waals surface area contributed by atoms with Crippen LogP contribution in [0.3, 0.4) is 0 Å². The summed E-state index contributed by atoms with van der Waals surface area (Å²) in [6.07, 6.45) is 4.00. The number of nitrogens with one attached hydrogen (secondary N) is 2. The highest BCUT2D eigenvalue weighted by atomic mass is 16.3. The van der Waals surface area contributed by atoms with Gasteiger partial charge in [-0.05, 0) is 44.1 Å². The van der Waals surface area contributed by atoms with Gasteiger partial charge in [-0.2, -0.15) is 0 Å². The van der Waals surface area contributed by atoms with Gasteiger partial charge in [0.15, 0.2) is 0 Å². The highest BCUT2D eigenvalue weighted by Gasteiger charge is 2.39. The topological polar surface area (TPSA) is 61.4 Å². The third-order valence-corrected chi connectivity index (χ3v) is 3.83. The first kappa shape index (κ1) is 14.9. The van der Waals surface area contributed by atoms with Gasteiger partial charge in [-0.25, -0.2) is 4.79 Å². The molecule has 2 amide bonds. The number of benzene rings is 1. The predicted molar refractivity (Wildman–Crippen MR) is 79.5 cm³/mol. The van der Waals surface area contributed by atoms with E-state index in [9.17, 15) is 9.90 Å². The second kappa shape index (κ2) is 6.75. The lowest BCUT2D eigenvalue weighted by Gasteiger charge is -2.23. The van der Waals surface area contributed by atoms with Crippen molar-refractivity contribution >= 4 is 6.03 Å². The van der Waals surface area contributed by atoms with Crippen molar-refractivity contribution in [2.24, 2.45) is 5.92 Å². The molecule has 4 heteroatoms. The zero-order valence-electron chi connectivity index (χ0n) is 12.1. The molecule has 4 nitrogen and oxygen atoms in total. The average Bonchev–Trinajstić information content (AvgIpc) is 3.28. The van der Waals surface area contributed by atoms with E-state index >= 15 is 0 Å². The van der Waals surface area contributed by atoms with E-state index in [0.29, 0.717) is 19.0 Å². The lowest BCUT2D eigenvalue weighted by atomic mass is 10.0. The van der Waals surface area contributed by atoms with Gasteiger partial charge in [0.1, 0.15) is 0 Å². The fourth-order valence-electron chi connectivity index (χ4n) is 2.31. The highest BCUT2D eigenvalue weighted by Crippen LogP contribution is 2.38.